The Hall–Kier alpha value is -2.33. The first-order valence-electron chi connectivity index (χ1n) is 9.46. The van der Waals surface area contributed by atoms with Gasteiger partial charge < -0.3 is 4.90 Å². The van der Waals surface area contributed by atoms with E-state index < -0.39 is 10.0 Å². The van der Waals surface area contributed by atoms with Gasteiger partial charge in [-0.25, -0.2) is 17.7 Å². The number of nitrogens with zero attached hydrogens (tertiary/aromatic N) is 4. The fraction of sp³-hybridized carbons (Fsp3) is 0.333. The van der Waals surface area contributed by atoms with Gasteiger partial charge in [0, 0.05) is 32.7 Å². The van der Waals surface area contributed by atoms with E-state index in [1.165, 1.54) is 37.6 Å². The van der Waals surface area contributed by atoms with E-state index in [9.17, 15) is 13.2 Å². The molecule has 7 nitrogen and oxygen atoms in total. The van der Waals surface area contributed by atoms with Crippen LogP contribution in [-0.2, 0) is 10.0 Å². The van der Waals surface area contributed by atoms with Crippen LogP contribution in [0.15, 0.2) is 47.4 Å². The van der Waals surface area contributed by atoms with Crippen molar-refractivity contribution in [1.29, 1.82) is 0 Å². The third-order valence-electron chi connectivity index (χ3n) is 4.74. The highest BCUT2D eigenvalue weighted by Crippen LogP contribution is 2.31. The first-order valence-corrected chi connectivity index (χ1v) is 11.7. The highest BCUT2D eigenvalue weighted by molar-refractivity contribution is 7.89. The maximum absolute atomic E-state index is 13.3. The average molecular weight is 447 g/mol. The van der Waals surface area contributed by atoms with Gasteiger partial charge >= 0.3 is 0 Å². The van der Waals surface area contributed by atoms with Crippen LogP contribution in [0.4, 0.5) is 5.13 Å². The SMILES string of the molecule is Cc1cccc2sc(N(CCN(C)C)C(=O)c3ccc(S(=O)(=O)N(C)C)cc3)nc12. The van der Waals surface area contributed by atoms with E-state index in [0.717, 1.165) is 20.1 Å². The van der Waals surface area contributed by atoms with Crippen molar-refractivity contribution in [1.82, 2.24) is 14.2 Å². The molecule has 0 N–H and O–H groups in total. The van der Waals surface area contributed by atoms with Crippen molar-refractivity contribution in [2.24, 2.45) is 0 Å². The van der Waals surface area contributed by atoms with Gasteiger partial charge in [0.2, 0.25) is 10.0 Å². The topological polar surface area (TPSA) is 73.8 Å². The number of carbonyl (C=O) groups excluding carboxylic acids is 1. The van der Waals surface area contributed by atoms with Gasteiger partial charge in [0.05, 0.1) is 15.1 Å². The molecule has 0 radical (unpaired) electrons. The predicted octanol–water partition coefficient (Wildman–Crippen LogP) is 3.06. The van der Waals surface area contributed by atoms with E-state index in [1.807, 2.05) is 44.1 Å². The Morgan fingerprint density at radius 3 is 2.23 bits per heavy atom. The summed E-state index contributed by atoms with van der Waals surface area (Å²) in [5.41, 5.74) is 2.38. The first kappa shape index (κ1) is 22.4. The van der Waals surface area contributed by atoms with Crippen molar-refractivity contribution < 1.29 is 13.2 Å². The summed E-state index contributed by atoms with van der Waals surface area (Å²) < 4.78 is 26.8. The second-order valence-corrected chi connectivity index (χ2v) is 10.7. The van der Waals surface area contributed by atoms with Crippen LogP contribution < -0.4 is 4.90 Å². The van der Waals surface area contributed by atoms with Gasteiger partial charge in [-0.3, -0.25) is 9.69 Å². The molecule has 0 saturated carbocycles. The molecule has 0 spiro atoms. The van der Waals surface area contributed by atoms with Gasteiger partial charge in [0.1, 0.15) is 0 Å². The highest BCUT2D eigenvalue weighted by Gasteiger charge is 2.23. The third kappa shape index (κ3) is 4.54. The highest BCUT2D eigenvalue weighted by atomic mass is 32.2. The monoisotopic (exact) mass is 446 g/mol. The Balaban J connectivity index is 1.97. The van der Waals surface area contributed by atoms with Gasteiger partial charge in [0.15, 0.2) is 5.13 Å². The Labute approximate surface area is 181 Å². The minimum atomic E-state index is -3.54. The van der Waals surface area contributed by atoms with Crippen LogP contribution in [0.1, 0.15) is 15.9 Å². The summed E-state index contributed by atoms with van der Waals surface area (Å²) in [6.45, 7) is 3.15. The van der Waals surface area contributed by atoms with Crippen molar-refractivity contribution in [3.8, 4) is 0 Å². The summed E-state index contributed by atoms with van der Waals surface area (Å²) in [6.07, 6.45) is 0. The van der Waals surface area contributed by atoms with Gasteiger partial charge in [0.25, 0.3) is 5.91 Å². The number of hydrogen-bond donors (Lipinski definition) is 0. The molecule has 1 aromatic heterocycles. The molecular formula is C21H26N4O3S2. The minimum absolute atomic E-state index is 0.152. The van der Waals surface area contributed by atoms with Crippen molar-refractivity contribution >= 4 is 42.6 Å². The molecular weight excluding hydrogens is 420 g/mol. The summed E-state index contributed by atoms with van der Waals surface area (Å²) in [5, 5.41) is 0.635. The lowest BCUT2D eigenvalue weighted by Gasteiger charge is -2.22. The number of carbonyl (C=O) groups is 1. The zero-order chi connectivity index (χ0) is 22.1. The van der Waals surface area contributed by atoms with E-state index in [0.29, 0.717) is 23.8 Å². The molecule has 0 saturated heterocycles. The molecule has 30 heavy (non-hydrogen) atoms. The summed E-state index contributed by atoms with van der Waals surface area (Å²) in [7, 11) is 3.31. The minimum Gasteiger partial charge on any atom is -0.308 e. The normalized spacial score (nSPS) is 12.1. The maximum Gasteiger partial charge on any atom is 0.260 e. The number of aromatic nitrogens is 1. The molecule has 1 amide bonds. The Kier molecular flexibility index (Phi) is 6.56. The molecule has 1 heterocycles. The summed E-state index contributed by atoms with van der Waals surface area (Å²) in [4.78, 5) is 21.9. The molecule has 0 unspecified atom stereocenters. The maximum atomic E-state index is 13.3. The van der Waals surface area contributed by atoms with E-state index in [2.05, 4.69) is 0 Å². The number of likely N-dealkylation sites (N-methyl/N-ethyl adjacent to an activating group) is 1. The van der Waals surface area contributed by atoms with Gasteiger partial charge in [-0.2, -0.15) is 0 Å². The number of rotatable bonds is 7. The van der Waals surface area contributed by atoms with Crippen molar-refractivity contribution in [2.75, 3.05) is 46.2 Å². The molecule has 3 aromatic rings. The molecule has 0 aliphatic heterocycles. The Bertz CT molecular complexity index is 1150. The first-order chi connectivity index (χ1) is 14.1. The Morgan fingerprint density at radius 1 is 1.00 bits per heavy atom. The lowest BCUT2D eigenvalue weighted by Crippen LogP contribution is -2.36. The van der Waals surface area contributed by atoms with Crippen molar-refractivity contribution in [3.05, 3.63) is 53.6 Å². The fourth-order valence-corrected chi connectivity index (χ4v) is 4.88. The molecule has 0 fully saturated rings. The van der Waals surface area contributed by atoms with Crippen molar-refractivity contribution in [3.63, 3.8) is 0 Å². The number of aryl methyl sites for hydroxylation is 1. The lowest BCUT2D eigenvalue weighted by atomic mass is 10.2. The standard InChI is InChI=1S/C21H26N4O3S2/c1-15-7-6-8-18-19(15)22-21(29-18)25(14-13-23(2)3)20(26)16-9-11-17(12-10-16)30(27,28)24(4)5/h6-12H,13-14H2,1-5H3. The second-order valence-electron chi connectivity index (χ2n) is 7.49. The Morgan fingerprint density at radius 2 is 1.67 bits per heavy atom. The predicted molar refractivity (Wildman–Crippen MR) is 122 cm³/mol. The molecule has 3 rings (SSSR count). The average Bonchev–Trinajstić information content (AvgIpc) is 3.13. The molecule has 9 heteroatoms. The molecule has 0 aliphatic carbocycles. The van der Waals surface area contributed by atoms with Gasteiger partial charge in [-0.1, -0.05) is 23.5 Å². The smallest absolute Gasteiger partial charge is 0.260 e. The third-order valence-corrected chi connectivity index (χ3v) is 7.61. The van der Waals surface area contributed by atoms with E-state index in [4.69, 9.17) is 4.98 Å². The van der Waals surface area contributed by atoms with E-state index in [1.54, 1.807) is 17.0 Å². The number of thiazole rings is 1. The van der Waals surface area contributed by atoms with Gasteiger partial charge in [-0.05, 0) is 56.9 Å². The van der Waals surface area contributed by atoms with Crippen molar-refractivity contribution in [2.45, 2.75) is 11.8 Å². The van der Waals surface area contributed by atoms with Crippen LogP contribution in [0.5, 0.6) is 0 Å². The summed E-state index contributed by atoms with van der Waals surface area (Å²) in [6, 6.07) is 12.0. The quantitative estimate of drug-likeness (QED) is 0.558. The molecule has 0 bridgehead atoms. The number of sulfonamides is 1. The second kappa shape index (κ2) is 8.81. The summed E-state index contributed by atoms with van der Waals surface area (Å²) in [5.74, 6) is -0.206. The van der Waals surface area contributed by atoms with Crippen LogP contribution in [0, 0.1) is 6.92 Å². The number of fused-ring (bicyclic) bond motifs is 1. The van der Waals surface area contributed by atoms with Crippen LogP contribution in [0.25, 0.3) is 10.2 Å². The number of hydrogen-bond acceptors (Lipinski definition) is 6. The fourth-order valence-electron chi connectivity index (χ4n) is 2.91. The van der Waals surface area contributed by atoms with E-state index in [-0.39, 0.29) is 10.8 Å². The molecule has 0 atom stereocenters. The van der Waals surface area contributed by atoms with Crippen LogP contribution in [-0.4, -0.2) is 69.8 Å². The molecule has 2 aromatic carbocycles. The lowest BCUT2D eigenvalue weighted by molar-refractivity contribution is 0.0985. The molecule has 0 aliphatic rings. The van der Waals surface area contributed by atoms with Crippen LogP contribution in [0.2, 0.25) is 0 Å². The van der Waals surface area contributed by atoms with Crippen LogP contribution in [0.3, 0.4) is 0 Å². The number of amides is 1. The largest absolute Gasteiger partial charge is 0.308 e. The zero-order valence-corrected chi connectivity index (χ0v) is 19.4. The number of benzene rings is 2. The van der Waals surface area contributed by atoms with Gasteiger partial charge in [-0.15, -0.1) is 0 Å². The zero-order valence-electron chi connectivity index (χ0n) is 17.8. The number of anilines is 1. The molecule has 160 valence electrons. The van der Waals surface area contributed by atoms with Crippen LogP contribution >= 0.6 is 11.3 Å². The van der Waals surface area contributed by atoms with E-state index >= 15 is 0 Å². The summed E-state index contributed by atoms with van der Waals surface area (Å²) >= 11 is 1.48. The number of para-hydroxylation sites is 1.